The van der Waals surface area contributed by atoms with Crippen molar-refractivity contribution in [3.05, 3.63) is 108 Å². The van der Waals surface area contributed by atoms with Crippen LogP contribution in [0.4, 0.5) is 0 Å². The van der Waals surface area contributed by atoms with E-state index < -0.39 is 6.10 Å². The Morgan fingerprint density at radius 3 is 1.88 bits per heavy atom. The van der Waals surface area contributed by atoms with E-state index in [1.165, 1.54) is 11.1 Å². The second kappa shape index (κ2) is 10.2. The van der Waals surface area contributed by atoms with Crippen molar-refractivity contribution in [3.8, 4) is 0 Å². The van der Waals surface area contributed by atoms with Crippen LogP contribution in [0, 0.1) is 0 Å². The Morgan fingerprint density at radius 2 is 1.27 bits per heavy atom. The van der Waals surface area contributed by atoms with E-state index in [0.29, 0.717) is 0 Å². The Kier molecular flexibility index (Phi) is 7.32. The third-order valence-corrected chi connectivity index (χ3v) is 5.47. The number of hydrogen-bond acceptors (Lipinski definition) is 3. The lowest BCUT2D eigenvalue weighted by Gasteiger charge is -2.24. The van der Waals surface area contributed by atoms with Gasteiger partial charge in [-0.3, -0.25) is 0 Å². The molecule has 0 aliphatic heterocycles. The summed E-state index contributed by atoms with van der Waals surface area (Å²) in [5.74, 6) is 1.80. The van der Waals surface area contributed by atoms with Crippen LogP contribution in [0.15, 0.2) is 91.0 Å². The Hall–Kier alpha value is -2.07. The van der Waals surface area contributed by atoms with Gasteiger partial charge in [-0.1, -0.05) is 91.0 Å². The number of nitrogens with one attached hydrogen (secondary N) is 1. The summed E-state index contributed by atoms with van der Waals surface area (Å²) in [5, 5.41) is 14.4. The van der Waals surface area contributed by atoms with Gasteiger partial charge in [-0.2, -0.15) is 11.8 Å². The lowest BCUT2D eigenvalue weighted by Crippen LogP contribution is -2.36. The average Bonchev–Trinajstić information content (AvgIpc) is 2.72. The monoisotopic (exact) mass is 363 g/mol. The number of aliphatic hydroxyl groups is 1. The minimum absolute atomic E-state index is 0.00804. The van der Waals surface area contributed by atoms with Crippen molar-refractivity contribution in [1.82, 2.24) is 5.32 Å². The summed E-state index contributed by atoms with van der Waals surface area (Å²) in [6.07, 6.45) is -0.525. The molecular formula is C23H25NOS. The zero-order chi connectivity index (χ0) is 18.0. The Labute approximate surface area is 160 Å². The van der Waals surface area contributed by atoms with E-state index in [0.717, 1.165) is 23.6 Å². The number of benzene rings is 3. The maximum Gasteiger partial charge on any atom is 0.0951 e. The average molecular weight is 364 g/mol. The van der Waals surface area contributed by atoms with Crippen molar-refractivity contribution in [2.75, 3.05) is 5.75 Å². The topological polar surface area (TPSA) is 32.3 Å². The molecule has 0 bridgehead atoms. The SMILES string of the molecule is O[C@H](c1ccccc1)[C@@H](CSCc1ccccc1)NCc1ccccc1. The molecule has 0 saturated carbocycles. The first-order valence-electron chi connectivity index (χ1n) is 8.95. The number of hydrogen-bond donors (Lipinski definition) is 2. The highest BCUT2D eigenvalue weighted by Gasteiger charge is 2.20. The van der Waals surface area contributed by atoms with Gasteiger partial charge in [-0.05, 0) is 16.7 Å². The van der Waals surface area contributed by atoms with Crippen molar-refractivity contribution in [1.29, 1.82) is 0 Å². The van der Waals surface area contributed by atoms with E-state index in [4.69, 9.17) is 0 Å². The second-order valence-electron chi connectivity index (χ2n) is 6.33. The van der Waals surface area contributed by atoms with Gasteiger partial charge in [0.1, 0.15) is 0 Å². The molecule has 0 saturated heterocycles. The predicted octanol–water partition coefficient (Wildman–Crippen LogP) is 4.81. The molecule has 0 heterocycles. The van der Waals surface area contributed by atoms with E-state index in [2.05, 4.69) is 41.7 Å². The zero-order valence-electron chi connectivity index (χ0n) is 14.8. The standard InChI is InChI=1S/C23H25NOS/c25-23(21-14-8-3-9-15-21)22(24-16-19-10-4-1-5-11-19)18-26-17-20-12-6-2-7-13-20/h1-15,22-25H,16-18H2/t22-,23-/m1/s1. The van der Waals surface area contributed by atoms with E-state index in [-0.39, 0.29) is 6.04 Å². The van der Waals surface area contributed by atoms with Gasteiger partial charge in [0.05, 0.1) is 6.10 Å². The third kappa shape index (κ3) is 5.73. The van der Waals surface area contributed by atoms with Gasteiger partial charge in [0.25, 0.3) is 0 Å². The first-order valence-corrected chi connectivity index (χ1v) is 10.1. The van der Waals surface area contributed by atoms with Crippen LogP contribution in [0.25, 0.3) is 0 Å². The van der Waals surface area contributed by atoms with Gasteiger partial charge in [0.2, 0.25) is 0 Å². The molecule has 0 amide bonds. The summed E-state index contributed by atoms with van der Waals surface area (Å²) in [5.41, 5.74) is 3.50. The normalized spacial score (nSPS) is 13.3. The van der Waals surface area contributed by atoms with Crippen molar-refractivity contribution in [2.24, 2.45) is 0 Å². The summed E-state index contributed by atoms with van der Waals surface area (Å²) in [4.78, 5) is 0. The molecule has 3 heteroatoms. The molecule has 3 aromatic rings. The Balaban J connectivity index is 1.62. The third-order valence-electron chi connectivity index (χ3n) is 4.34. The van der Waals surface area contributed by atoms with Crippen LogP contribution in [0.2, 0.25) is 0 Å². The Bertz CT molecular complexity index is 749. The van der Waals surface area contributed by atoms with E-state index >= 15 is 0 Å². The van der Waals surface area contributed by atoms with Crippen LogP contribution >= 0.6 is 11.8 Å². The molecule has 0 aromatic heterocycles. The van der Waals surface area contributed by atoms with Crippen LogP contribution in [-0.2, 0) is 12.3 Å². The van der Waals surface area contributed by atoms with Crippen LogP contribution < -0.4 is 5.32 Å². The molecule has 2 N–H and O–H groups in total. The smallest absolute Gasteiger partial charge is 0.0951 e. The van der Waals surface area contributed by atoms with Crippen molar-refractivity contribution >= 4 is 11.8 Å². The molecule has 0 spiro atoms. The van der Waals surface area contributed by atoms with Crippen LogP contribution in [0.3, 0.4) is 0 Å². The molecule has 0 fully saturated rings. The lowest BCUT2D eigenvalue weighted by molar-refractivity contribution is 0.137. The fourth-order valence-corrected chi connectivity index (χ4v) is 3.97. The van der Waals surface area contributed by atoms with Gasteiger partial charge in [0.15, 0.2) is 0 Å². The van der Waals surface area contributed by atoms with Crippen LogP contribution in [0.1, 0.15) is 22.8 Å². The predicted molar refractivity (Wildman–Crippen MR) is 111 cm³/mol. The fraction of sp³-hybridized carbons (Fsp3) is 0.217. The van der Waals surface area contributed by atoms with Gasteiger partial charge >= 0.3 is 0 Å². The molecule has 0 aliphatic rings. The highest BCUT2D eigenvalue weighted by Crippen LogP contribution is 2.22. The fourth-order valence-electron chi connectivity index (χ4n) is 2.87. The minimum Gasteiger partial charge on any atom is -0.387 e. The highest BCUT2D eigenvalue weighted by molar-refractivity contribution is 7.98. The van der Waals surface area contributed by atoms with Gasteiger partial charge < -0.3 is 10.4 Å². The maximum absolute atomic E-state index is 10.9. The molecule has 26 heavy (non-hydrogen) atoms. The Morgan fingerprint density at radius 1 is 0.731 bits per heavy atom. The number of aliphatic hydroxyl groups excluding tert-OH is 1. The molecule has 3 aromatic carbocycles. The second-order valence-corrected chi connectivity index (χ2v) is 7.36. The maximum atomic E-state index is 10.9. The molecule has 0 aliphatic carbocycles. The van der Waals surface area contributed by atoms with Crippen molar-refractivity contribution in [3.63, 3.8) is 0 Å². The van der Waals surface area contributed by atoms with E-state index in [1.807, 2.05) is 66.4 Å². The number of rotatable bonds is 9. The van der Waals surface area contributed by atoms with Gasteiger partial charge in [-0.25, -0.2) is 0 Å². The molecule has 3 rings (SSSR count). The molecular weight excluding hydrogens is 338 g/mol. The first-order chi connectivity index (χ1) is 12.8. The largest absolute Gasteiger partial charge is 0.387 e. The zero-order valence-corrected chi connectivity index (χ0v) is 15.6. The van der Waals surface area contributed by atoms with E-state index in [9.17, 15) is 5.11 Å². The molecule has 2 nitrogen and oxygen atoms in total. The van der Waals surface area contributed by atoms with Crippen LogP contribution in [0.5, 0.6) is 0 Å². The molecule has 2 atom stereocenters. The molecule has 0 radical (unpaired) electrons. The summed E-state index contributed by atoms with van der Waals surface area (Å²) >= 11 is 1.85. The quantitative estimate of drug-likeness (QED) is 0.572. The van der Waals surface area contributed by atoms with Crippen molar-refractivity contribution in [2.45, 2.75) is 24.4 Å². The summed E-state index contributed by atoms with van der Waals surface area (Å²) < 4.78 is 0. The highest BCUT2D eigenvalue weighted by atomic mass is 32.2. The number of thioether (sulfide) groups is 1. The van der Waals surface area contributed by atoms with Gasteiger partial charge in [-0.15, -0.1) is 0 Å². The lowest BCUT2D eigenvalue weighted by atomic mass is 10.0. The van der Waals surface area contributed by atoms with Crippen LogP contribution in [-0.4, -0.2) is 16.9 Å². The van der Waals surface area contributed by atoms with E-state index in [1.54, 1.807) is 0 Å². The summed E-state index contributed by atoms with van der Waals surface area (Å²) in [6, 6.07) is 30.7. The van der Waals surface area contributed by atoms with Crippen molar-refractivity contribution < 1.29 is 5.11 Å². The summed E-state index contributed by atoms with van der Waals surface area (Å²) in [6.45, 7) is 0.751. The summed E-state index contributed by atoms with van der Waals surface area (Å²) in [7, 11) is 0. The minimum atomic E-state index is -0.525. The first kappa shape index (κ1) is 18.7. The molecule has 134 valence electrons. The van der Waals surface area contributed by atoms with Gasteiger partial charge in [0, 0.05) is 24.1 Å². The molecule has 0 unspecified atom stereocenters.